The van der Waals surface area contributed by atoms with E-state index in [2.05, 4.69) is 17.4 Å². The van der Waals surface area contributed by atoms with E-state index in [0.717, 1.165) is 36.1 Å². The first kappa shape index (κ1) is 18.0. The first-order chi connectivity index (χ1) is 11.9. The number of benzene rings is 2. The van der Waals surface area contributed by atoms with E-state index in [0.29, 0.717) is 22.8 Å². The van der Waals surface area contributed by atoms with Crippen molar-refractivity contribution in [1.29, 1.82) is 0 Å². The van der Waals surface area contributed by atoms with Gasteiger partial charge in [0.25, 0.3) is 0 Å². The number of hydrogen-bond acceptors (Lipinski definition) is 3. The standard InChI is InChI=1S/C19H20ClNO3S/c20-16-7-9-17(10-8-16)25(23,24)12-2-1-3-14-4-5-15-6-11-19(22)21-18(15)13-14/h4-5,7-10,13H,1-3,6,11-12H2,(H,21,22). The predicted octanol–water partition coefficient (Wildman–Crippen LogP) is 4.02. The summed E-state index contributed by atoms with van der Waals surface area (Å²) in [5, 5.41) is 3.42. The molecule has 0 aliphatic carbocycles. The van der Waals surface area contributed by atoms with Crippen molar-refractivity contribution in [3.8, 4) is 0 Å². The van der Waals surface area contributed by atoms with Crippen molar-refractivity contribution in [3.63, 3.8) is 0 Å². The van der Waals surface area contributed by atoms with Gasteiger partial charge in [0.15, 0.2) is 9.84 Å². The molecule has 3 rings (SSSR count). The molecule has 0 atom stereocenters. The summed E-state index contributed by atoms with van der Waals surface area (Å²) in [4.78, 5) is 11.8. The first-order valence-corrected chi connectivity index (χ1v) is 10.4. The molecule has 0 radical (unpaired) electrons. The number of sulfone groups is 1. The molecule has 2 aromatic rings. The molecule has 0 aromatic heterocycles. The second-order valence-electron chi connectivity index (χ2n) is 6.27. The van der Waals surface area contributed by atoms with Gasteiger partial charge in [-0.2, -0.15) is 0 Å². The molecule has 0 unspecified atom stereocenters. The van der Waals surface area contributed by atoms with Crippen molar-refractivity contribution in [2.75, 3.05) is 11.1 Å². The summed E-state index contributed by atoms with van der Waals surface area (Å²) in [6.07, 6.45) is 3.48. The summed E-state index contributed by atoms with van der Waals surface area (Å²) >= 11 is 5.79. The lowest BCUT2D eigenvalue weighted by Crippen LogP contribution is -2.19. The maximum absolute atomic E-state index is 12.3. The third kappa shape index (κ3) is 4.61. The van der Waals surface area contributed by atoms with Gasteiger partial charge in [-0.3, -0.25) is 4.79 Å². The molecule has 0 saturated heterocycles. The summed E-state index contributed by atoms with van der Waals surface area (Å²) in [6.45, 7) is 0. The van der Waals surface area contributed by atoms with Crippen LogP contribution in [0.4, 0.5) is 5.69 Å². The summed E-state index contributed by atoms with van der Waals surface area (Å²) < 4.78 is 24.6. The molecule has 1 amide bonds. The number of aryl methyl sites for hydroxylation is 2. The molecule has 0 fully saturated rings. The molecule has 25 heavy (non-hydrogen) atoms. The fraction of sp³-hybridized carbons (Fsp3) is 0.316. The first-order valence-electron chi connectivity index (χ1n) is 8.34. The van der Waals surface area contributed by atoms with E-state index < -0.39 is 9.84 Å². The number of unbranched alkanes of at least 4 members (excludes halogenated alkanes) is 1. The fourth-order valence-electron chi connectivity index (χ4n) is 2.96. The van der Waals surface area contributed by atoms with Crippen LogP contribution in [0.2, 0.25) is 5.02 Å². The maximum atomic E-state index is 12.3. The number of anilines is 1. The molecule has 2 aromatic carbocycles. The van der Waals surface area contributed by atoms with Crippen molar-refractivity contribution in [2.45, 2.75) is 37.0 Å². The minimum Gasteiger partial charge on any atom is -0.326 e. The van der Waals surface area contributed by atoms with Crippen LogP contribution < -0.4 is 5.32 Å². The van der Waals surface area contributed by atoms with Gasteiger partial charge < -0.3 is 5.32 Å². The van der Waals surface area contributed by atoms with E-state index >= 15 is 0 Å². The van der Waals surface area contributed by atoms with Crippen LogP contribution in [0, 0.1) is 0 Å². The number of fused-ring (bicyclic) bond motifs is 1. The highest BCUT2D eigenvalue weighted by molar-refractivity contribution is 7.91. The van der Waals surface area contributed by atoms with Crippen LogP contribution in [0.5, 0.6) is 0 Å². The van der Waals surface area contributed by atoms with Gasteiger partial charge in [0, 0.05) is 17.1 Å². The van der Waals surface area contributed by atoms with E-state index in [9.17, 15) is 13.2 Å². The Hall–Kier alpha value is -1.85. The fourth-order valence-corrected chi connectivity index (χ4v) is 4.45. The van der Waals surface area contributed by atoms with Crippen molar-refractivity contribution >= 4 is 33.0 Å². The number of amides is 1. The molecule has 0 spiro atoms. The minimum absolute atomic E-state index is 0.0544. The van der Waals surface area contributed by atoms with Crippen LogP contribution in [0.3, 0.4) is 0 Å². The van der Waals surface area contributed by atoms with Gasteiger partial charge in [0.2, 0.25) is 5.91 Å². The molecule has 6 heteroatoms. The van der Waals surface area contributed by atoms with Crippen LogP contribution in [-0.4, -0.2) is 20.1 Å². The lowest BCUT2D eigenvalue weighted by Gasteiger charge is -2.17. The Morgan fingerprint density at radius 2 is 1.76 bits per heavy atom. The second kappa shape index (κ2) is 7.58. The van der Waals surface area contributed by atoms with Crippen LogP contribution >= 0.6 is 11.6 Å². The Balaban J connectivity index is 1.54. The van der Waals surface area contributed by atoms with Crippen LogP contribution in [0.25, 0.3) is 0 Å². The average molecular weight is 378 g/mol. The Bertz CT molecular complexity index is 876. The highest BCUT2D eigenvalue weighted by Gasteiger charge is 2.16. The Labute approximate surface area is 153 Å². The normalized spacial score (nSPS) is 14.0. The van der Waals surface area contributed by atoms with Crippen molar-refractivity contribution in [3.05, 3.63) is 58.6 Å². The van der Waals surface area contributed by atoms with Crippen molar-refractivity contribution in [2.24, 2.45) is 0 Å². The van der Waals surface area contributed by atoms with E-state index in [1.54, 1.807) is 24.3 Å². The van der Waals surface area contributed by atoms with Gasteiger partial charge in [0.1, 0.15) is 0 Å². The number of halogens is 1. The molecule has 1 heterocycles. The van der Waals surface area contributed by atoms with Crippen LogP contribution in [-0.2, 0) is 27.5 Å². The summed E-state index contributed by atoms with van der Waals surface area (Å²) in [6, 6.07) is 12.4. The van der Waals surface area contributed by atoms with E-state index in [1.165, 1.54) is 0 Å². The Morgan fingerprint density at radius 1 is 1.00 bits per heavy atom. The molecule has 132 valence electrons. The molecule has 4 nitrogen and oxygen atoms in total. The van der Waals surface area contributed by atoms with E-state index in [1.807, 2.05) is 6.07 Å². The smallest absolute Gasteiger partial charge is 0.224 e. The van der Waals surface area contributed by atoms with Gasteiger partial charge in [0.05, 0.1) is 10.6 Å². The lowest BCUT2D eigenvalue weighted by atomic mass is 9.99. The molecular weight excluding hydrogens is 358 g/mol. The van der Waals surface area contributed by atoms with Crippen LogP contribution in [0.1, 0.15) is 30.4 Å². The molecule has 1 aliphatic rings. The zero-order valence-corrected chi connectivity index (χ0v) is 15.4. The number of carbonyl (C=O) groups is 1. The third-order valence-corrected chi connectivity index (χ3v) is 6.44. The van der Waals surface area contributed by atoms with Gasteiger partial charge in [-0.15, -0.1) is 0 Å². The molecule has 1 N–H and O–H groups in total. The summed E-state index contributed by atoms with van der Waals surface area (Å²) in [5.41, 5.74) is 3.17. The topological polar surface area (TPSA) is 63.2 Å². The molecule has 1 aliphatic heterocycles. The zero-order valence-electron chi connectivity index (χ0n) is 13.8. The van der Waals surface area contributed by atoms with Gasteiger partial charge in [-0.05, 0) is 67.1 Å². The van der Waals surface area contributed by atoms with Crippen LogP contribution in [0.15, 0.2) is 47.4 Å². The SMILES string of the molecule is O=C1CCc2ccc(CCCCS(=O)(=O)c3ccc(Cl)cc3)cc2N1. The van der Waals surface area contributed by atoms with Gasteiger partial charge in [-0.1, -0.05) is 23.7 Å². The maximum Gasteiger partial charge on any atom is 0.224 e. The highest BCUT2D eigenvalue weighted by Crippen LogP contribution is 2.24. The quantitative estimate of drug-likeness (QED) is 0.773. The van der Waals surface area contributed by atoms with Crippen molar-refractivity contribution < 1.29 is 13.2 Å². The monoisotopic (exact) mass is 377 g/mol. The summed E-state index contributed by atoms with van der Waals surface area (Å²) in [5.74, 6) is 0.176. The molecule has 0 saturated carbocycles. The number of hydrogen-bond donors (Lipinski definition) is 1. The van der Waals surface area contributed by atoms with E-state index in [-0.39, 0.29) is 11.7 Å². The average Bonchev–Trinajstić information content (AvgIpc) is 2.59. The lowest BCUT2D eigenvalue weighted by molar-refractivity contribution is -0.116. The Kier molecular flexibility index (Phi) is 5.45. The number of carbonyl (C=O) groups excluding carboxylic acids is 1. The Morgan fingerprint density at radius 3 is 2.52 bits per heavy atom. The van der Waals surface area contributed by atoms with E-state index in [4.69, 9.17) is 11.6 Å². The third-order valence-electron chi connectivity index (χ3n) is 4.37. The summed E-state index contributed by atoms with van der Waals surface area (Å²) in [7, 11) is -3.27. The second-order valence-corrected chi connectivity index (χ2v) is 8.82. The highest BCUT2D eigenvalue weighted by atomic mass is 35.5. The van der Waals surface area contributed by atoms with Gasteiger partial charge >= 0.3 is 0 Å². The van der Waals surface area contributed by atoms with Crippen molar-refractivity contribution in [1.82, 2.24) is 0 Å². The zero-order chi connectivity index (χ0) is 17.9. The minimum atomic E-state index is -3.27. The predicted molar refractivity (Wildman–Crippen MR) is 99.8 cm³/mol. The molecular formula is C19H20ClNO3S. The number of nitrogens with one attached hydrogen (secondary N) is 1. The largest absolute Gasteiger partial charge is 0.326 e. The number of rotatable bonds is 6. The molecule has 0 bridgehead atoms. The van der Waals surface area contributed by atoms with Gasteiger partial charge in [-0.25, -0.2) is 8.42 Å².